The molecule has 2 aliphatic heterocycles. The first-order valence-corrected chi connectivity index (χ1v) is 34.4. The van der Waals surface area contributed by atoms with E-state index >= 15 is 28.8 Å². The van der Waals surface area contributed by atoms with Gasteiger partial charge in [0.25, 0.3) is 0 Å². The van der Waals surface area contributed by atoms with Crippen LogP contribution < -0.4 is 21.3 Å². The van der Waals surface area contributed by atoms with Gasteiger partial charge in [-0.2, -0.15) is 0 Å². The quantitative estimate of drug-likeness (QED) is 0.131. The maximum Gasteiger partial charge on any atom is 0.246 e. The highest BCUT2D eigenvalue weighted by Gasteiger charge is 2.46. The smallest absolute Gasteiger partial charge is 0.246 e. The minimum Gasteiger partial charge on any atom is -0.390 e. The summed E-state index contributed by atoms with van der Waals surface area (Å²) in [5.74, 6) is -11.0. The molecule has 95 heavy (non-hydrogen) atoms. The number of carbonyl (C=O) groups excluding carboxylic acids is 12. The van der Waals surface area contributed by atoms with Crippen molar-refractivity contribution in [2.24, 2.45) is 41.4 Å². The molecule has 0 saturated carbocycles. The number of allylic oxidation sites excluding steroid dienone is 2. The van der Waals surface area contributed by atoms with Crippen molar-refractivity contribution < 1.29 is 62.6 Å². The van der Waals surface area contributed by atoms with Crippen LogP contribution in [0.4, 0.5) is 0 Å². The molecule has 26 heteroatoms. The van der Waals surface area contributed by atoms with Crippen LogP contribution in [0.2, 0.25) is 0 Å². The van der Waals surface area contributed by atoms with Gasteiger partial charge in [0.15, 0.2) is 0 Å². The molecule has 0 spiro atoms. The average molecular weight is 1340 g/mol. The molecule has 14 atom stereocenters. The summed E-state index contributed by atoms with van der Waals surface area (Å²) >= 11 is 0. The molecule has 0 radical (unpaired) electrons. The Balaban J connectivity index is 3.05. The summed E-state index contributed by atoms with van der Waals surface area (Å²) in [7, 11) is 11.8. The molecule has 12 amide bonds. The molecule has 0 aromatic carbocycles. The van der Waals surface area contributed by atoms with Crippen molar-refractivity contribution in [1.82, 2.24) is 65.4 Å². The first-order valence-electron chi connectivity index (χ1n) is 34.4. The number of amides is 12. The summed E-state index contributed by atoms with van der Waals surface area (Å²) in [5, 5.41) is 23.3. The second kappa shape index (κ2) is 38.3. The molecular formula is C69H123N13O13. The second-order valence-electron chi connectivity index (χ2n) is 29.0. The van der Waals surface area contributed by atoms with Crippen molar-refractivity contribution in [2.75, 3.05) is 82.6 Å². The van der Waals surface area contributed by atoms with Crippen LogP contribution in [0.25, 0.3) is 0 Å². The first kappa shape index (κ1) is 84.4. The van der Waals surface area contributed by atoms with E-state index in [2.05, 4.69) is 26.2 Å². The Hall–Kier alpha value is -6.70. The molecule has 5 N–H and O–H groups in total. The number of nitrogens with zero attached hydrogens (tertiary/aromatic N) is 9. The van der Waals surface area contributed by atoms with Crippen LogP contribution in [-0.2, 0) is 57.5 Å². The standard InChI is InChI=1S/C69H123N13O13/c1-26-28-29-45(14)58(84)57-62(88)72-49(27-2)65(91)75(19)48(17)64(90)80(24)56(44(13)30-31-53(83)82-34-32-74(18)33-35-82)61(87)73-54(42(9)10)68(94)76(20)50(36-39(3)4)60(86)70-46(15)59(85)71-47(16)63(89)77(21)51(37-40(5)6)66(92)78(22)52(38-41(7)8)67(93)79(23)55(43(11)12)69(95)81(57)25/h26,28,39-52,54-58,84H,27,29-38H2,1-25H3,(H,70,86)(H,71,85)(H,72,88)(H,73,87)/b28-26+/t44-,45-,46+,47-,48-,49+,50+,51+,52+,54+,55+,56+,57+,58-/m1/s1. The van der Waals surface area contributed by atoms with Crippen LogP contribution in [0.3, 0.4) is 0 Å². The SMILES string of the molecule is C/C=C/C[C@@H](C)[C@@H](O)[C@H]1C(=O)N[C@@H](CC)C(=O)N(C)[C@H](C)C(=O)N(C)[C@@H]([C@H](C)CCC(=O)N2CCN(C)CC2)C(=O)N[C@@H](C(C)C)C(=O)N(C)[C@@H](CC(C)C)C(=O)N[C@@H](C)C(=O)N[C@H](C)C(=O)N(C)[C@@H](CC(C)C)C(=O)N(C)[C@@H](CC(C)C)C(=O)N(C)[C@@H](C(C)C)C(=O)N1C. The topological polar surface area (TPSA) is 302 Å². The van der Waals surface area contributed by atoms with Crippen molar-refractivity contribution in [1.29, 1.82) is 0 Å². The van der Waals surface area contributed by atoms with E-state index in [0.717, 1.165) is 9.80 Å². The fourth-order valence-electron chi connectivity index (χ4n) is 12.5. The summed E-state index contributed by atoms with van der Waals surface area (Å²) in [5.41, 5.74) is 0. The molecule has 0 unspecified atom stereocenters. The number of nitrogens with one attached hydrogen (secondary N) is 4. The lowest BCUT2D eigenvalue weighted by Crippen LogP contribution is -2.64. The molecule has 2 saturated heterocycles. The van der Waals surface area contributed by atoms with Crippen molar-refractivity contribution in [3.8, 4) is 0 Å². The van der Waals surface area contributed by atoms with Gasteiger partial charge in [0.05, 0.1) is 6.10 Å². The molecule has 0 bridgehead atoms. The van der Waals surface area contributed by atoms with Gasteiger partial charge in [-0.15, -0.1) is 0 Å². The zero-order chi connectivity index (χ0) is 73.1. The Kier molecular flexibility index (Phi) is 34.0. The number of hydrogen-bond donors (Lipinski definition) is 5. The molecule has 2 aliphatic rings. The van der Waals surface area contributed by atoms with E-state index in [1.54, 1.807) is 72.4 Å². The number of aliphatic hydroxyl groups is 1. The van der Waals surface area contributed by atoms with E-state index in [1.165, 1.54) is 94.6 Å². The van der Waals surface area contributed by atoms with Crippen LogP contribution in [0.15, 0.2) is 12.2 Å². The molecule has 26 nitrogen and oxygen atoms in total. The van der Waals surface area contributed by atoms with E-state index in [0.29, 0.717) is 26.2 Å². The number of piperazine rings is 1. The van der Waals surface area contributed by atoms with Crippen LogP contribution in [0.1, 0.15) is 163 Å². The van der Waals surface area contributed by atoms with Crippen LogP contribution in [0.5, 0.6) is 0 Å². The van der Waals surface area contributed by atoms with Crippen molar-refractivity contribution in [3.63, 3.8) is 0 Å². The van der Waals surface area contributed by atoms with Crippen LogP contribution in [0, 0.1) is 41.4 Å². The Morgan fingerprint density at radius 2 is 0.937 bits per heavy atom. The minimum atomic E-state index is -1.65. The first-order chi connectivity index (χ1) is 44.0. The average Bonchev–Trinajstić information content (AvgIpc) is 0.822. The van der Waals surface area contributed by atoms with E-state index < -0.39 is 161 Å². The zero-order valence-corrected chi connectivity index (χ0v) is 62.3. The molecule has 2 fully saturated rings. The number of aliphatic hydroxyl groups excluding tert-OH is 1. The van der Waals surface area contributed by atoms with Gasteiger partial charge in [-0.05, 0) is 115 Å². The Labute approximate surface area is 568 Å². The molecule has 2 heterocycles. The molecule has 2 rings (SSSR count). The Bertz CT molecular complexity index is 2660. The van der Waals surface area contributed by atoms with Crippen molar-refractivity contribution >= 4 is 70.9 Å². The van der Waals surface area contributed by atoms with Crippen molar-refractivity contribution in [3.05, 3.63) is 12.2 Å². The normalized spacial score (nSPS) is 27.6. The highest BCUT2D eigenvalue weighted by atomic mass is 16.3. The van der Waals surface area contributed by atoms with Gasteiger partial charge in [-0.3, -0.25) is 57.5 Å². The minimum absolute atomic E-state index is 0.0210. The third-order valence-electron chi connectivity index (χ3n) is 19.0. The number of rotatable bonds is 17. The highest BCUT2D eigenvalue weighted by molar-refractivity contribution is 6.00. The molecule has 0 aromatic rings. The Morgan fingerprint density at radius 3 is 1.42 bits per heavy atom. The monoisotopic (exact) mass is 1340 g/mol. The summed E-state index contributed by atoms with van der Waals surface area (Å²) < 4.78 is 0. The fourth-order valence-corrected chi connectivity index (χ4v) is 12.5. The second-order valence-corrected chi connectivity index (χ2v) is 29.0. The molecule has 0 aromatic heterocycles. The van der Waals surface area contributed by atoms with Gasteiger partial charge in [-0.25, -0.2) is 0 Å². The summed E-state index contributed by atoms with van der Waals surface area (Å²) in [4.78, 5) is 189. The van der Waals surface area contributed by atoms with E-state index in [9.17, 15) is 33.9 Å². The molecule has 0 aliphatic carbocycles. The lowest BCUT2D eigenvalue weighted by atomic mass is 9.91. The third-order valence-corrected chi connectivity index (χ3v) is 19.0. The van der Waals surface area contributed by atoms with E-state index in [1.807, 2.05) is 48.6 Å². The fraction of sp³-hybridized carbons (Fsp3) is 0.797. The van der Waals surface area contributed by atoms with Crippen LogP contribution in [-0.4, -0.2) is 275 Å². The third kappa shape index (κ3) is 23.0. The van der Waals surface area contributed by atoms with E-state index in [4.69, 9.17) is 0 Å². The lowest BCUT2D eigenvalue weighted by molar-refractivity contribution is -0.157. The number of hydrogen-bond acceptors (Lipinski definition) is 14. The summed E-state index contributed by atoms with van der Waals surface area (Å²) in [6.45, 7) is 31.6. The summed E-state index contributed by atoms with van der Waals surface area (Å²) in [6, 6.07) is -14.2. The largest absolute Gasteiger partial charge is 0.390 e. The van der Waals surface area contributed by atoms with Gasteiger partial charge >= 0.3 is 0 Å². The maximum absolute atomic E-state index is 15.3. The predicted molar refractivity (Wildman–Crippen MR) is 366 cm³/mol. The number of likely N-dealkylation sites (N-methyl/N-ethyl adjacent to an activating group) is 8. The van der Waals surface area contributed by atoms with E-state index in [-0.39, 0.29) is 68.6 Å². The number of carbonyl (C=O) groups is 12. The van der Waals surface area contributed by atoms with Gasteiger partial charge in [0, 0.05) is 81.9 Å². The molecular weight excluding hydrogens is 1220 g/mol. The van der Waals surface area contributed by atoms with Crippen LogP contribution >= 0.6 is 0 Å². The maximum atomic E-state index is 15.3. The lowest BCUT2D eigenvalue weighted by Gasteiger charge is -2.41. The van der Waals surface area contributed by atoms with Gasteiger partial charge in [0.2, 0.25) is 70.9 Å². The summed E-state index contributed by atoms with van der Waals surface area (Å²) in [6.07, 6.45) is 2.87. The van der Waals surface area contributed by atoms with Gasteiger partial charge in [0.1, 0.15) is 66.5 Å². The highest BCUT2D eigenvalue weighted by Crippen LogP contribution is 2.27. The predicted octanol–water partition coefficient (Wildman–Crippen LogP) is 2.80. The Morgan fingerprint density at radius 1 is 0.484 bits per heavy atom. The zero-order valence-electron chi connectivity index (χ0n) is 62.3. The van der Waals surface area contributed by atoms with Gasteiger partial charge in [-0.1, -0.05) is 102 Å². The van der Waals surface area contributed by atoms with Gasteiger partial charge < -0.3 is 70.5 Å². The molecule has 542 valence electrons. The van der Waals surface area contributed by atoms with Crippen molar-refractivity contribution in [2.45, 2.75) is 235 Å².